The number of aliphatic hydroxyl groups excluding tert-OH is 1. The SMILES string of the molecule is C#CCC1(F)C(=O)O[C@H](CC)[C@@]2(C)OC(=O)N[C@@H]2[C@@H](C)C(=O)[C@H](C)C[C@](C)(OC)[C@H](O[C@@H]2O[C@H](C)C[C@H](N(C)C)[C@H]2O)[C@@H](C)C1=O. The summed E-state index contributed by atoms with van der Waals surface area (Å²) in [5, 5.41) is 13.9. The topological polar surface area (TPSA) is 150 Å². The standard InChI is InChI=1S/C33H51FN2O10/c1-12-14-33(34)26(39)20(6)27(45-28-24(38)21(36(9)10)15-18(4)43-28)31(7,42-11)16-17(3)23(37)19(5)25-32(8,46-30(41)35-25)22(13-2)44-29(33)40/h1,17-22,24-25,27-28,38H,13-16H2,2-11H3,(H,35,41)/t17-,18-,19+,20+,21+,22-,24-,25-,27-,28+,31+,32-,33?/m1/s1. The molecule has 0 aromatic rings. The highest BCUT2D eigenvalue weighted by Gasteiger charge is 2.60. The molecule has 13 heteroatoms. The number of ether oxygens (including phenoxy) is 5. The van der Waals surface area contributed by atoms with Crippen LogP contribution in [0.25, 0.3) is 0 Å². The Morgan fingerprint density at radius 3 is 2.30 bits per heavy atom. The molecule has 3 heterocycles. The molecule has 1 unspecified atom stereocenters. The third kappa shape index (κ3) is 6.97. The highest BCUT2D eigenvalue weighted by molar-refractivity contribution is 6.08. The molecule has 0 bridgehead atoms. The zero-order valence-corrected chi connectivity index (χ0v) is 28.6. The van der Waals surface area contributed by atoms with Crippen LogP contribution in [0, 0.1) is 30.1 Å². The molecule has 0 saturated carbocycles. The highest BCUT2D eigenvalue weighted by Crippen LogP contribution is 2.41. The van der Waals surface area contributed by atoms with E-state index in [1.165, 1.54) is 21.0 Å². The Morgan fingerprint density at radius 2 is 1.76 bits per heavy atom. The van der Waals surface area contributed by atoms with Crippen molar-refractivity contribution in [3.05, 3.63) is 0 Å². The zero-order chi connectivity index (χ0) is 34.9. The number of rotatable bonds is 6. The quantitative estimate of drug-likeness (QED) is 0.247. The number of alkyl halides is 1. The van der Waals surface area contributed by atoms with Crippen molar-refractivity contribution in [3.63, 3.8) is 0 Å². The van der Waals surface area contributed by atoms with Gasteiger partial charge in [0.1, 0.15) is 18.0 Å². The molecular formula is C33H51FN2O10. The fourth-order valence-corrected chi connectivity index (χ4v) is 7.40. The monoisotopic (exact) mass is 654 g/mol. The van der Waals surface area contributed by atoms with Crippen LogP contribution in [0.2, 0.25) is 0 Å². The second kappa shape index (κ2) is 14.2. The largest absolute Gasteiger partial charge is 0.455 e. The summed E-state index contributed by atoms with van der Waals surface area (Å²) >= 11 is 0. The van der Waals surface area contributed by atoms with E-state index in [1.807, 2.05) is 11.8 Å². The van der Waals surface area contributed by atoms with Crippen LogP contribution in [0.5, 0.6) is 0 Å². The van der Waals surface area contributed by atoms with Gasteiger partial charge in [0, 0.05) is 30.9 Å². The van der Waals surface area contributed by atoms with Gasteiger partial charge >= 0.3 is 12.1 Å². The number of fused-ring (bicyclic) bond motifs is 1. The molecular weight excluding hydrogens is 603 g/mol. The Hall–Kier alpha value is -2.63. The molecule has 2 N–H and O–H groups in total. The normalized spacial score (nSPS) is 44.4. The summed E-state index contributed by atoms with van der Waals surface area (Å²) in [6, 6.07) is -1.32. The number of esters is 1. The van der Waals surface area contributed by atoms with Crippen molar-refractivity contribution in [2.45, 2.75) is 134 Å². The number of cyclic esters (lactones) is 1. The Bertz CT molecular complexity index is 1210. The van der Waals surface area contributed by atoms with Gasteiger partial charge in [0.15, 0.2) is 17.7 Å². The molecule has 3 aliphatic rings. The van der Waals surface area contributed by atoms with Gasteiger partial charge in [0.2, 0.25) is 0 Å². The molecule has 260 valence electrons. The van der Waals surface area contributed by atoms with Gasteiger partial charge in [-0.15, -0.1) is 12.3 Å². The molecule has 0 spiro atoms. The van der Waals surface area contributed by atoms with Crippen LogP contribution in [0.1, 0.15) is 74.1 Å². The first-order valence-corrected chi connectivity index (χ1v) is 15.9. The lowest BCUT2D eigenvalue weighted by atomic mass is 9.73. The van der Waals surface area contributed by atoms with Gasteiger partial charge in [-0.2, -0.15) is 0 Å². The summed E-state index contributed by atoms with van der Waals surface area (Å²) < 4.78 is 46.5. The number of hydrogen-bond acceptors (Lipinski definition) is 11. The molecule has 12 nitrogen and oxygen atoms in total. The van der Waals surface area contributed by atoms with Crippen LogP contribution >= 0.6 is 0 Å². The minimum absolute atomic E-state index is 0.0151. The minimum atomic E-state index is -3.32. The van der Waals surface area contributed by atoms with E-state index in [0.717, 1.165) is 0 Å². The molecule has 0 radical (unpaired) electrons. The maximum absolute atomic E-state index is 16.9. The maximum Gasteiger partial charge on any atom is 0.408 e. The Balaban J connectivity index is 2.20. The van der Waals surface area contributed by atoms with Crippen LogP contribution in [-0.4, -0.2) is 115 Å². The van der Waals surface area contributed by atoms with Crippen molar-refractivity contribution in [1.29, 1.82) is 0 Å². The van der Waals surface area contributed by atoms with Crippen LogP contribution in [0.15, 0.2) is 0 Å². The maximum atomic E-state index is 16.9. The Kier molecular flexibility index (Phi) is 11.7. The van der Waals surface area contributed by atoms with Gasteiger partial charge in [-0.05, 0) is 54.1 Å². The van der Waals surface area contributed by atoms with Crippen LogP contribution in [0.3, 0.4) is 0 Å². The fraction of sp³-hybridized carbons (Fsp3) is 0.818. The van der Waals surface area contributed by atoms with Crippen molar-refractivity contribution in [2.24, 2.45) is 17.8 Å². The summed E-state index contributed by atoms with van der Waals surface area (Å²) in [5.41, 5.74) is -6.35. The predicted octanol–water partition coefficient (Wildman–Crippen LogP) is 2.57. The summed E-state index contributed by atoms with van der Waals surface area (Å²) in [6.07, 6.45) is -1.08. The fourth-order valence-electron chi connectivity index (χ4n) is 7.40. The molecule has 46 heavy (non-hydrogen) atoms. The van der Waals surface area contributed by atoms with Crippen molar-refractivity contribution < 1.29 is 52.4 Å². The number of carbonyl (C=O) groups is 4. The number of ketones is 2. The van der Waals surface area contributed by atoms with E-state index in [1.54, 1.807) is 41.8 Å². The lowest BCUT2D eigenvalue weighted by Gasteiger charge is -2.47. The van der Waals surface area contributed by atoms with E-state index in [9.17, 15) is 24.3 Å². The van der Waals surface area contributed by atoms with Crippen molar-refractivity contribution in [2.75, 3.05) is 21.2 Å². The number of Topliss-reactive ketones (excluding diaryl/α,β-unsaturated/α-hetero) is 2. The molecule has 0 aromatic carbocycles. The number of methoxy groups -OCH3 is 1. The van der Waals surface area contributed by atoms with E-state index in [2.05, 4.69) is 11.2 Å². The summed E-state index contributed by atoms with van der Waals surface area (Å²) in [7, 11) is 4.98. The summed E-state index contributed by atoms with van der Waals surface area (Å²) in [6.45, 7) is 11.3. The molecule has 3 aliphatic heterocycles. The van der Waals surface area contributed by atoms with Gasteiger partial charge in [-0.3, -0.25) is 9.59 Å². The average Bonchev–Trinajstić information content (AvgIpc) is 3.31. The number of carbonyl (C=O) groups excluding carboxylic acids is 4. The molecule has 13 atom stereocenters. The van der Waals surface area contributed by atoms with E-state index in [4.69, 9.17) is 30.1 Å². The van der Waals surface area contributed by atoms with Crippen LogP contribution in [0.4, 0.5) is 9.18 Å². The first kappa shape index (κ1) is 37.8. The first-order chi connectivity index (χ1) is 21.3. The smallest absolute Gasteiger partial charge is 0.408 e. The Labute approximate surface area is 271 Å². The Morgan fingerprint density at radius 1 is 1.13 bits per heavy atom. The zero-order valence-electron chi connectivity index (χ0n) is 28.6. The number of nitrogens with one attached hydrogen (secondary N) is 1. The second-order valence-corrected chi connectivity index (χ2v) is 13.8. The van der Waals surface area contributed by atoms with Gasteiger partial charge in [-0.25, -0.2) is 14.0 Å². The van der Waals surface area contributed by atoms with Crippen molar-refractivity contribution in [1.82, 2.24) is 10.2 Å². The number of halogens is 1. The number of aliphatic hydroxyl groups is 1. The lowest BCUT2D eigenvalue weighted by Crippen LogP contribution is -2.62. The molecule has 3 fully saturated rings. The lowest BCUT2D eigenvalue weighted by molar-refractivity contribution is -0.295. The third-order valence-electron chi connectivity index (χ3n) is 10.2. The summed E-state index contributed by atoms with van der Waals surface area (Å²) in [5.74, 6) is -3.93. The van der Waals surface area contributed by atoms with Crippen molar-refractivity contribution in [3.8, 4) is 12.3 Å². The number of amides is 1. The molecule has 0 aliphatic carbocycles. The summed E-state index contributed by atoms with van der Waals surface area (Å²) in [4.78, 5) is 56.2. The number of nitrogens with zero attached hydrogens (tertiary/aromatic N) is 1. The molecule has 1 amide bonds. The highest BCUT2D eigenvalue weighted by atomic mass is 19.1. The van der Waals surface area contributed by atoms with Gasteiger partial charge in [0.25, 0.3) is 5.67 Å². The minimum Gasteiger partial charge on any atom is -0.455 e. The molecule has 0 aromatic heterocycles. The molecule has 3 saturated heterocycles. The average molecular weight is 655 g/mol. The van der Waals surface area contributed by atoms with Gasteiger partial charge < -0.3 is 39.0 Å². The number of hydrogen-bond donors (Lipinski definition) is 2. The second-order valence-electron chi connectivity index (χ2n) is 13.8. The van der Waals surface area contributed by atoms with E-state index in [-0.39, 0.29) is 30.8 Å². The van der Waals surface area contributed by atoms with Crippen LogP contribution < -0.4 is 5.32 Å². The first-order valence-electron chi connectivity index (χ1n) is 15.9. The number of alkyl carbamates (subject to hydrolysis) is 1. The van der Waals surface area contributed by atoms with Gasteiger partial charge in [0.05, 0.1) is 30.3 Å². The predicted molar refractivity (Wildman–Crippen MR) is 164 cm³/mol. The van der Waals surface area contributed by atoms with Crippen LogP contribution in [-0.2, 0) is 38.1 Å². The van der Waals surface area contributed by atoms with E-state index in [0.29, 0.717) is 6.42 Å². The van der Waals surface area contributed by atoms with E-state index >= 15 is 4.39 Å². The third-order valence-corrected chi connectivity index (χ3v) is 10.2. The number of likely N-dealkylation sites (N-methyl/N-ethyl adjacent to an activating group) is 1. The number of terminal acetylenes is 1. The van der Waals surface area contributed by atoms with Gasteiger partial charge in [-0.1, -0.05) is 27.7 Å². The molecule has 3 rings (SSSR count). The van der Waals surface area contributed by atoms with Crippen molar-refractivity contribution >= 4 is 23.6 Å². The van der Waals surface area contributed by atoms with E-state index < -0.39 is 89.5 Å².